The molecule has 0 atom stereocenters. The first-order valence-electron chi connectivity index (χ1n) is 4.58. The highest BCUT2D eigenvalue weighted by Gasteiger charge is 2.07. The van der Waals surface area contributed by atoms with Crippen molar-refractivity contribution in [1.82, 2.24) is 0 Å². The number of para-hydroxylation sites is 1. The maximum absolute atomic E-state index is 13.3. The Bertz CT molecular complexity index is 480. The number of rotatable bonds is 3. The average Bonchev–Trinajstić information content (AvgIpc) is 2.63. The normalized spacial score (nSPS) is 10.4. The van der Waals surface area contributed by atoms with Crippen molar-refractivity contribution in [2.75, 3.05) is 5.73 Å². The lowest BCUT2D eigenvalue weighted by molar-refractivity contribution is 0.295. The van der Waals surface area contributed by atoms with E-state index in [1.54, 1.807) is 23.5 Å². The molecule has 2 aromatic rings. The Kier molecular flexibility index (Phi) is 3.46. The van der Waals surface area contributed by atoms with E-state index in [1.165, 1.54) is 6.07 Å². The molecule has 1 heterocycles. The molecular weight excluding hydrogens is 293 g/mol. The quantitative estimate of drug-likeness (QED) is 0.875. The molecule has 2 rings (SSSR count). The van der Waals surface area contributed by atoms with Crippen LogP contribution in [0.15, 0.2) is 34.1 Å². The van der Waals surface area contributed by atoms with E-state index >= 15 is 0 Å². The number of hydrogen-bond acceptors (Lipinski definition) is 3. The number of halogens is 2. The van der Waals surface area contributed by atoms with E-state index in [0.717, 1.165) is 8.66 Å². The molecule has 0 radical (unpaired) electrons. The van der Waals surface area contributed by atoms with Gasteiger partial charge in [-0.1, -0.05) is 6.07 Å². The van der Waals surface area contributed by atoms with Crippen LogP contribution >= 0.6 is 27.3 Å². The topological polar surface area (TPSA) is 35.2 Å². The summed E-state index contributed by atoms with van der Waals surface area (Å²) in [5.74, 6) is -0.317. The molecule has 16 heavy (non-hydrogen) atoms. The molecule has 0 amide bonds. The molecule has 0 saturated carbocycles. The fourth-order valence-corrected chi connectivity index (χ4v) is 2.65. The van der Waals surface area contributed by atoms with Gasteiger partial charge in [-0.3, -0.25) is 0 Å². The molecule has 0 aliphatic carbocycles. The molecular formula is C11H9BrFNOS. The molecule has 0 saturated heterocycles. The molecule has 2 N–H and O–H groups in total. The van der Waals surface area contributed by atoms with Crippen LogP contribution in [0.3, 0.4) is 0 Å². The van der Waals surface area contributed by atoms with E-state index in [1.807, 2.05) is 12.1 Å². The third-order valence-electron chi connectivity index (χ3n) is 1.99. The number of hydrogen-bond donors (Lipinski definition) is 1. The van der Waals surface area contributed by atoms with Crippen molar-refractivity contribution in [3.63, 3.8) is 0 Å². The van der Waals surface area contributed by atoms with Crippen LogP contribution in [0.5, 0.6) is 5.75 Å². The van der Waals surface area contributed by atoms with E-state index in [-0.39, 0.29) is 5.75 Å². The Labute approximate surface area is 105 Å². The predicted octanol–water partition coefficient (Wildman–Crippen LogP) is 3.81. The Balaban J connectivity index is 2.10. The predicted molar refractivity (Wildman–Crippen MR) is 67.2 cm³/mol. The van der Waals surface area contributed by atoms with E-state index in [2.05, 4.69) is 15.9 Å². The van der Waals surface area contributed by atoms with E-state index in [9.17, 15) is 4.39 Å². The summed E-state index contributed by atoms with van der Waals surface area (Å²) >= 11 is 4.90. The minimum Gasteiger partial charge on any atom is -0.483 e. The third kappa shape index (κ3) is 2.54. The van der Waals surface area contributed by atoms with Gasteiger partial charge in [0.05, 0.1) is 9.47 Å². The number of nitrogen functional groups attached to an aromatic ring is 1. The maximum atomic E-state index is 13.3. The van der Waals surface area contributed by atoms with Gasteiger partial charge in [-0.15, -0.1) is 11.3 Å². The van der Waals surface area contributed by atoms with Crippen LogP contribution < -0.4 is 10.5 Å². The standard InChI is InChI=1S/C11H9BrFNOS/c12-10-5-4-7(16-10)6-15-11-8(13)2-1-3-9(11)14/h1-5H,6,14H2. The summed E-state index contributed by atoms with van der Waals surface area (Å²) < 4.78 is 19.7. The summed E-state index contributed by atoms with van der Waals surface area (Å²) in [6, 6.07) is 8.35. The fourth-order valence-electron chi connectivity index (χ4n) is 1.25. The van der Waals surface area contributed by atoms with Gasteiger partial charge in [0.1, 0.15) is 6.61 Å². The lowest BCUT2D eigenvalue weighted by Gasteiger charge is -2.08. The summed E-state index contributed by atoms with van der Waals surface area (Å²) in [6.07, 6.45) is 0. The van der Waals surface area contributed by atoms with Crippen LogP contribution in [0.25, 0.3) is 0 Å². The molecule has 2 nitrogen and oxygen atoms in total. The monoisotopic (exact) mass is 301 g/mol. The Hall–Kier alpha value is -1.07. The smallest absolute Gasteiger partial charge is 0.178 e. The van der Waals surface area contributed by atoms with E-state index in [0.29, 0.717) is 12.3 Å². The number of nitrogens with two attached hydrogens (primary N) is 1. The summed E-state index contributed by atoms with van der Waals surface area (Å²) in [6.45, 7) is 0.321. The van der Waals surface area contributed by atoms with Gasteiger partial charge >= 0.3 is 0 Å². The second kappa shape index (κ2) is 4.84. The molecule has 1 aromatic carbocycles. The van der Waals surface area contributed by atoms with Gasteiger partial charge in [-0.25, -0.2) is 4.39 Å². The highest BCUT2D eigenvalue weighted by Crippen LogP contribution is 2.28. The molecule has 0 spiro atoms. The highest BCUT2D eigenvalue weighted by atomic mass is 79.9. The number of thiophene rings is 1. The van der Waals surface area contributed by atoms with Gasteiger partial charge in [0, 0.05) is 4.88 Å². The van der Waals surface area contributed by atoms with Crippen LogP contribution in [0, 0.1) is 5.82 Å². The maximum Gasteiger partial charge on any atom is 0.178 e. The molecule has 0 aliphatic heterocycles. The molecule has 84 valence electrons. The molecule has 0 fully saturated rings. The summed E-state index contributed by atoms with van der Waals surface area (Å²) in [4.78, 5) is 1.01. The zero-order valence-electron chi connectivity index (χ0n) is 8.24. The molecule has 5 heteroatoms. The SMILES string of the molecule is Nc1cccc(F)c1OCc1ccc(Br)s1. The average molecular weight is 302 g/mol. The largest absolute Gasteiger partial charge is 0.483 e. The van der Waals surface area contributed by atoms with E-state index < -0.39 is 5.82 Å². The van der Waals surface area contributed by atoms with Gasteiger partial charge in [0.15, 0.2) is 11.6 Å². The fraction of sp³-hybridized carbons (Fsp3) is 0.0909. The number of ether oxygens (including phenoxy) is 1. The zero-order valence-corrected chi connectivity index (χ0v) is 10.6. The molecule has 0 bridgehead atoms. The Morgan fingerprint density at radius 3 is 2.75 bits per heavy atom. The van der Waals surface area contributed by atoms with Gasteiger partial charge in [-0.05, 0) is 40.2 Å². The second-order valence-electron chi connectivity index (χ2n) is 3.15. The Morgan fingerprint density at radius 2 is 2.12 bits per heavy atom. The summed E-state index contributed by atoms with van der Waals surface area (Å²) in [5.41, 5.74) is 5.94. The lowest BCUT2D eigenvalue weighted by atomic mass is 10.3. The van der Waals surface area contributed by atoms with Crippen LogP contribution in [0.2, 0.25) is 0 Å². The van der Waals surface area contributed by atoms with Crippen molar-refractivity contribution in [3.8, 4) is 5.75 Å². The van der Waals surface area contributed by atoms with Gasteiger partial charge in [0.2, 0.25) is 0 Å². The van der Waals surface area contributed by atoms with Crippen molar-refractivity contribution in [2.24, 2.45) is 0 Å². The first kappa shape index (κ1) is 11.4. The van der Waals surface area contributed by atoms with Gasteiger partial charge in [-0.2, -0.15) is 0 Å². The van der Waals surface area contributed by atoms with Crippen molar-refractivity contribution in [2.45, 2.75) is 6.61 Å². The zero-order chi connectivity index (χ0) is 11.5. The van der Waals surface area contributed by atoms with Crippen LogP contribution in [0.1, 0.15) is 4.88 Å². The van der Waals surface area contributed by atoms with Gasteiger partial charge in [0.25, 0.3) is 0 Å². The highest BCUT2D eigenvalue weighted by molar-refractivity contribution is 9.11. The first-order valence-corrected chi connectivity index (χ1v) is 6.19. The van der Waals surface area contributed by atoms with Crippen LogP contribution in [-0.4, -0.2) is 0 Å². The van der Waals surface area contributed by atoms with Crippen molar-refractivity contribution >= 4 is 33.0 Å². The second-order valence-corrected chi connectivity index (χ2v) is 5.70. The summed E-state index contributed by atoms with van der Waals surface area (Å²) in [7, 11) is 0. The number of anilines is 1. The van der Waals surface area contributed by atoms with Crippen molar-refractivity contribution < 1.29 is 9.13 Å². The van der Waals surface area contributed by atoms with Crippen LogP contribution in [-0.2, 0) is 6.61 Å². The molecule has 1 aromatic heterocycles. The van der Waals surface area contributed by atoms with Crippen molar-refractivity contribution in [3.05, 3.63) is 44.8 Å². The minimum absolute atomic E-state index is 0.118. The third-order valence-corrected chi connectivity index (χ3v) is 3.58. The lowest BCUT2D eigenvalue weighted by Crippen LogP contribution is -1.99. The Morgan fingerprint density at radius 1 is 1.31 bits per heavy atom. The first-order chi connectivity index (χ1) is 7.66. The summed E-state index contributed by atoms with van der Waals surface area (Å²) in [5, 5.41) is 0. The van der Waals surface area contributed by atoms with Crippen molar-refractivity contribution in [1.29, 1.82) is 0 Å². The molecule has 0 aliphatic rings. The minimum atomic E-state index is -0.435. The van der Waals surface area contributed by atoms with Gasteiger partial charge < -0.3 is 10.5 Å². The number of benzene rings is 1. The molecule has 0 unspecified atom stereocenters. The van der Waals surface area contributed by atoms with E-state index in [4.69, 9.17) is 10.5 Å². The van der Waals surface area contributed by atoms with Crippen LogP contribution in [0.4, 0.5) is 10.1 Å².